The molecule has 2 N–H and O–H groups in total. The van der Waals surface area contributed by atoms with E-state index in [-0.39, 0.29) is 6.04 Å². The first kappa shape index (κ1) is 14.5. The molecule has 0 radical (unpaired) electrons. The molecule has 1 heterocycles. The van der Waals surface area contributed by atoms with E-state index in [1.807, 2.05) is 0 Å². The van der Waals surface area contributed by atoms with Crippen LogP contribution in [-0.4, -0.2) is 49.6 Å². The topological polar surface area (TPSA) is 32.5 Å². The van der Waals surface area contributed by atoms with Gasteiger partial charge in [-0.05, 0) is 57.1 Å². The highest BCUT2D eigenvalue weighted by atomic mass is 15.2. The Hall–Kier alpha value is -0.900. The van der Waals surface area contributed by atoms with Gasteiger partial charge in [0.25, 0.3) is 0 Å². The van der Waals surface area contributed by atoms with Gasteiger partial charge in [-0.1, -0.05) is 18.2 Å². The number of likely N-dealkylation sites (N-methyl/N-ethyl adjacent to an activating group) is 1. The summed E-state index contributed by atoms with van der Waals surface area (Å²) in [7, 11) is 2.20. The first-order chi connectivity index (χ1) is 9.06. The maximum Gasteiger partial charge on any atom is 0.0424 e. The lowest BCUT2D eigenvalue weighted by atomic mass is 10.0. The second-order valence-electron chi connectivity index (χ2n) is 5.91. The molecule has 1 atom stereocenters. The van der Waals surface area contributed by atoms with Crippen molar-refractivity contribution in [3.05, 3.63) is 34.9 Å². The number of nitrogens with zero attached hydrogens (tertiary/aromatic N) is 2. The molecule has 1 aliphatic rings. The van der Waals surface area contributed by atoms with Crippen LogP contribution in [0, 0.1) is 13.8 Å². The first-order valence-corrected chi connectivity index (χ1v) is 7.30. The average Bonchev–Trinajstić information content (AvgIpc) is 2.58. The minimum Gasteiger partial charge on any atom is -0.323 e. The predicted octanol–water partition coefficient (Wildman–Crippen LogP) is 1.94. The third kappa shape index (κ3) is 4.03. The van der Waals surface area contributed by atoms with Crippen molar-refractivity contribution in [3.63, 3.8) is 0 Å². The molecule has 0 saturated carbocycles. The number of hydrogen-bond acceptors (Lipinski definition) is 3. The van der Waals surface area contributed by atoms with Crippen LogP contribution < -0.4 is 5.73 Å². The van der Waals surface area contributed by atoms with Crippen molar-refractivity contribution in [2.24, 2.45) is 5.73 Å². The van der Waals surface area contributed by atoms with Gasteiger partial charge < -0.3 is 15.5 Å². The van der Waals surface area contributed by atoms with Gasteiger partial charge in [0.1, 0.15) is 0 Å². The Labute approximate surface area is 117 Å². The van der Waals surface area contributed by atoms with E-state index in [0.29, 0.717) is 0 Å². The van der Waals surface area contributed by atoms with Gasteiger partial charge in [0, 0.05) is 25.7 Å². The molecule has 0 aromatic heterocycles. The lowest BCUT2D eigenvalue weighted by Gasteiger charge is -2.24. The molecule has 0 bridgehead atoms. The largest absolute Gasteiger partial charge is 0.323 e. The molecule has 1 aliphatic heterocycles. The molecule has 1 aromatic rings. The molecule has 1 fully saturated rings. The number of benzene rings is 1. The molecule has 0 spiro atoms. The van der Waals surface area contributed by atoms with Crippen LogP contribution in [0.4, 0.5) is 0 Å². The summed E-state index contributed by atoms with van der Waals surface area (Å²) in [5.41, 5.74) is 10.3. The monoisotopic (exact) mass is 261 g/mol. The average molecular weight is 261 g/mol. The second kappa shape index (κ2) is 6.51. The molecule has 19 heavy (non-hydrogen) atoms. The molecule has 0 aliphatic carbocycles. The van der Waals surface area contributed by atoms with Crippen LogP contribution in [0.5, 0.6) is 0 Å². The van der Waals surface area contributed by atoms with Crippen molar-refractivity contribution in [2.75, 3.05) is 39.8 Å². The standard InChI is InChI=1S/C16H27N3/c1-13-5-6-15(11-14(13)2)16(17)12-19-8-4-7-18(3)9-10-19/h5-6,11,16H,4,7-10,12,17H2,1-3H3. The minimum atomic E-state index is 0.128. The summed E-state index contributed by atoms with van der Waals surface area (Å²) >= 11 is 0. The van der Waals surface area contributed by atoms with Gasteiger partial charge in [0.15, 0.2) is 0 Å². The van der Waals surface area contributed by atoms with Crippen LogP contribution in [0.2, 0.25) is 0 Å². The summed E-state index contributed by atoms with van der Waals surface area (Å²) in [5.74, 6) is 0. The molecule has 3 heteroatoms. The Kier molecular flexibility index (Phi) is 4.97. The smallest absolute Gasteiger partial charge is 0.0424 e. The van der Waals surface area contributed by atoms with Crippen molar-refractivity contribution in [3.8, 4) is 0 Å². The SMILES string of the molecule is Cc1ccc(C(N)CN2CCCN(C)CC2)cc1C. The Bertz CT molecular complexity index is 416. The number of aryl methyl sites for hydroxylation is 2. The lowest BCUT2D eigenvalue weighted by Crippen LogP contribution is -2.35. The van der Waals surface area contributed by atoms with Gasteiger partial charge in [-0.2, -0.15) is 0 Å². The third-order valence-corrected chi connectivity index (χ3v) is 4.23. The Morgan fingerprint density at radius 3 is 2.63 bits per heavy atom. The van der Waals surface area contributed by atoms with Crippen molar-refractivity contribution >= 4 is 0 Å². The van der Waals surface area contributed by atoms with Crippen molar-refractivity contribution in [1.82, 2.24) is 9.80 Å². The summed E-state index contributed by atoms with van der Waals surface area (Å²) in [6.45, 7) is 9.94. The van der Waals surface area contributed by atoms with Gasteiger partial charge in [-0.25, -0.2) is 0 Å². The predicted molar refractivity (Wildman–Crippen MR) is 81.4 cm³/mol. The van der Waals surface area contributed by atoms with Gasteiger partial charge >= 0.3 is 0 Å². The zero-order valence-electron chi connectivity index (χ0n) is 12.5. The molecular weight excluding hydrogens is 234 g/mol. The Morgan fingerprint density at radius 1 is 1.11 bits per heavy atom. The van der Waals surface area contributed by atoms with Crippen LogP contribution in [0.15, 0.2) is 18.2 Å². The molecule has 106 valence electrons. The van der Waals surface area contributed by atoms with Crippen molar-refractivity contribution in [2.45, 2.75) is 26.3 Å². The summed E-state index contributed by atoms with van der Waals surface area (Å²) in [6.07, 6.45) is 1.25. The summed E-state index contributed by atoms with van der Waals surface area (Å²) < 4.78 is 0. The van der Waals surface area contributed by atoms with Crippen LogP contribution >= 0.6 is 0 Å². The van der Waals surface area contributed by atoms with E-state index in [2.05, 4.69) is 48.9 Å². The number of rotatable bonds is 3. The van der Waals surface area contributed by atoms with Gasteiger partial charge in [-0.3, -0.25) is 0 Å². The summed E-state index contributed by atoms with van der Waals surface area (Å²) in [4.78, 5) is 4.91. The first-order valence-electron chi connectivity index (χ1n) is 7.30. The van der Waals surface area contributed by atoms with Gasteiger partial charge in [0.05, 0.1) is 0 Å². The minimum absolute atomic E-state index is 0.128. The highest BCUT2D eigenvalue weighted by Gasteiger charge is 2.16. The van der Waals surface area contributed by atoms with Crippen molar-refractivity contribution in [1.29, 1.82) is 0 Å². The molecule has 3 nitrogen and oxygen atoms in total. The molecular formula is C16H27N3. The van der Waals surface area contributed by atoms with Crippen LogP contribution in [0.1, 0.15) is 29.2 Å². The number of nitrogens with two attached hydrogens (primary N) is 1. The second-order valence-corrected chi connectivity index (χ2v) is 5.91. The molecule has 0 amide bonds. The maximum atomic E-state index is 6.38. The zero-order chi connectivity index (χ0) is 13.8. The van der Waals surface area contributed by atoms with E-state index in [9.17, 15) is 0 Å². The molecule has 1 aromatic carbocycles. The maximum absolute atomic E-state index is 6.38. The summed E-state index contributed by atoms with van der Waals surface area (Å²) in [6, 6.07) is 6.73. The van der Waals surface area contributed by atoms with E-state index >= 15 is 0 Å². The Balaban J connectivity index is 1.96. The number of hydrogen-bond donors (Lipinski definition) is 1. The molecule has 2 rings (SSSR count). The molecule has 1 saturated heterocycles. The quantitative estimate of drug-likeness (QED) is 0.902. The fourth-order valence-corrected chi connectivity index (χ4v) is 2.66. The fourth-order valence-electron chi connectivity index (χ4n) is 2.66. The normalized spacial score (nSPS) is 20.2. The lowest BCUT2D eigenvalue weighted by molar-refractivity contribution is 0.262. The van der Waals surface area contributed by atoms with Crippen LogP contribution in [0.25, 0.3) is 0 Å². The third-order valence-electron chi connectivity index (χ3n) is 4.23. The van der Waals surface area contributed by atoms with Crippen LogP contribution in [0.3, 0.4) is 0 Å². The van der Waals surface area contributed by atoms with Gasteiger partial charge in [-0.15, -0.1) is 0 Å². The Morgan fingerprint density at radius 2 is 1.89 bits per heavy atom. The van der Waals surface area contributed by atoms with E-state index in [4.69, 9.17) is 5.73 Å². The summed E-state index contributed by atoms with van der Waals surface area (Å²) in [5, 5.41) is 0. The zero-order valence-corrected chi connectivity index (χ0v) is 12.5. The van der Waals surface area contributed by atoms with E-state index < -0.39 is 0 Å². The molecule has 1 unspecified atom stereocenters. The van der Waals surface area contributed by atoms with Crippen LogP contribution in [-0.2, 0) is 0 Å². The van der Waals surface area contributed by atoms with Crippen molar-refractivity contribution < 1.29 is 0 Å². The highest BCUT2D eigenvalue weighted by Crippen LogP contribution is 2.17. The fraction of sp³-hybridized carbons (Fsp3) is 0.625. The highest BCUT2D eigenvalue weighted by molar-refractivity contribution is 5.31. The van der Waals surface area contributed by atoms with Gasteiger partial charge in [0.2, 0.25) is 0 Å². The van der Waals surface area contributed by atoms with E-state index in [1.165, 1.54) is 36.2 Å². The van der Waals surface area contributed by atoms with E-state index in [1.54, 1.807) is 0 Å². The van der Waals surface area contributed by atoms with E-state index in [0.717, 1.165) is 19.6 Å².